The van der Waals surface area contributed by atoms with Gasteiger partial charge >= 0.3 is 12.8 Å². The Balaban J connectivity index is 1.45. The van der Waals surface area contributed by atoms with Crippen LogP contribution in [0.5, 0.6) is 0 Å². The molecule has 0 unspecified atom stereocenters. The van der Waals surface area contributed by atoms with E-state index in [9.17, 15) is 4.79 Å². The van der Waals surface area contributed by atoms with E-state index in [2.05, 4.69) is 29.9 Å². The number of imidazole rings is 1. The van der Waals surface area contributed by atoms with E-state index in [0.717, 1.165) is 16.6 Å². The molecule has 180 valence electrons. The zero-order valence-corrected chi connectivity index (χ0v) is 21.1. The molecule has 2 aromatic carbocycles. The van der Waals surface area contributed by atoms with E-state index in [4.69, 9.17) is 14.3 Å². The first-order chi connectivity index (χ1) is 16.6. The summed E-state index contributed by atoms with van der Waals surface area (Å²) in [7, 11) is -0.416. The van der Waals surface area contributed by atoms with E-state index in [1.165, 1.54) is 5.56 Å². The standard InChI is InChI=1S/C27H31BN4O3/c1-17(2)20-9-7-8-10-21(20)23-29-15-22-24(31-23)32(25(33)30-22)16-18-11-13-19(14-12-18)28-34-26(3,4)27(5,6)35-28/h7-15,17H,16H2,1-6H3,(H,30,33). The van der Waals surface area contributed by atoms with Gasteiger partial charge in [-0.2, -0.15) is 0 Å². The Morgan fingerprint density at radius 2 is 1.66 bits per heavy atom. The highest BCUT2D eigenvalue weighted by atomic mass is 16.7. The van der Waals surface area contributed by atoms with E-state index >= 15 is 0 Å². The Hall–Kier alpha value is -3.23. The average Bonchev–Trinajstić information content (AvgIpc) is 3.24. The molecule has 1 N–H and O–H groups in total. The van der Waals surface area contributed by atoms with Crippen molar-refractivity contribution in [2.45, 2.75) is 65.2 Å². The minimum Gasteiger partial charge on any atom is -0.399 e. The molecule has 0 atom stereocenters. The summed E-state index contributed by atoms with van der Waals surface area (Å²) in [5, 5.41) is 0. The first-order valence-electron chi connectivity index (χ1n) is 12.0. The van der Waals surface area contributed by atoms with Crippen LogP contribution in [0.25, 0.3) is 22.6 Å². The molecule has 0 amide bonds. The summed E-state index contributed by atoms with van der Waals surface area (Å²) in [6.45, 7) is 12.9. The fourth-order valence-electron chi connectivity index (χ4n) is 4.37. The van der Waals surface area contributed by atoms with Gasteiger partial charge in [0.2, 0.25) is 0 Å². The molecule has 1 fully saturated rings. The zero-order chi connectivity index (χ0) is 25.0. The molecule has 5 rings (SSSR count). The Morgan fingerprint density at radius 1 is 1.00 bits per heavy atom. The van der Waals surface area contributed by atoms with Crippen LogP contribution < -0.4 is 11.2 Å². The minimum atomic E-state index is -0.416. The van der Waals surface area contributed by atoms with Crippen molar-refractivity contribution in [3.8, 4) is 11.4 Å². The number of nitrogens with one attached hydrogen (secondary N) is 1. The van der Waals surface area contributed by atoms with Gasteiger partial charge in [-0.1, -0.05) is 62.4 Å². The van der Waals surface area contributed by atoms with Crippen molar-refractivity contribution < 1.29 is 9.31 Å². The SMILES string of the molecule is CC(C)c1ccccc1-c1ncc2[nH]c(=O)n(Cc3ccc(B4OC(C)(C)C(C)(C)O4)cc3)c2n1. The number of aromatic amines is 1. The van der Waals surface area contributed by atoms with Crippen LogP contribution in [-0.2, 0) is 15.9 Å². The van der Waals surface area contributed by atoms with Crippen molar-refractivity contribution in [3.63, 3.8) is 0 Å². The fourth-order valence-corrected chi connectivity index (χ4v) is 4.37. The van der Waals surface area contributed by atoms with Gasteiger partial charge in [0.15, 0.2) is 11.5 Å². The Bertz CT molecular complexity index is 1420. The highest BCUT2D eigenvalue weighted by Gasteiger charge is 2.51. The van der Waals surface area contributed by atoms with Crippen LogP contribution in [0.2, 0.25) is 0 Å². The third kappa shape index (κ3) is 4.21. The molecular weight excluding hydrogens is 439 g/mol. The first-order valence-corrected chi connectivity index (χ1v) is 12.0. The molecule has 7 nitrogen and oxygen atoms in total. The van der Waals surface area contributed by atoms with Gasteiger partial charge in [-0.15, -0.1) is 0 Å². The second kappa shape index (κ2) is 8.46. The van der Waals surface area contributed by atoms with Crippen molar-refractivity contribution >= 4 is 23.7 Å². The lowest BCUT2D eigenvalue weighted by Crippen LogP contribution is -2.41. The van der Waals surface area contributed by atoms with Crippen LogP contribution in [0.1, 0.15) is 58.6 Å². The smallest absolute Gasteiger partial charge is 0.399 e. The highest BCUT2D eigenvalue weighted by molar-refractivity contribution is 6.62. The number of hydrogen-bond donors (Lipinski definition) is 1. The van der Waals surface area contributed by atoms with Gasteiger partial charge in [0.05, 0.1) is 23.9 Å². The molecule has 1 saturated heterocycles. The summed E-state index contributed by atoms with van der Waals surface area (Å²) in [5.74, 6) is 0.951. The summed E-state index contributed by atoms with van der Waals surface area (Å²) in [6.07, 6.45) is 1.69. The van der Waals surface area contributed by atoms with Crippen molar-refractivity contribution in [2.24, 2.45) is 0 Å². The van der Waals surface area contributed by atoms with Crippen LogP contribution in [0, 0.1) is 0 Å². The van der Waals surface area contributed by atoms with Gasteiger partial charge in [-0.05, 0) is 50.2 Å². The van der Waals surface area contributed by atoms with Crippen molar-refractivity contribution in [1.82, 2.24) is 19.5 Å². The van der Waals surface area contributed by atoms with Crippen molar-refractivity contribution in [1.29, 1.82) is 0 Å². The van der Waals surface area contributed by atoms with Crippen molar-refractivity contribution in [3.05, 3.63) is 76.3 Å². The maximum absolute atomic E-state index is 12.8. The monoisotopic (exact) mass is 470 g/mol. The Morgan fingerprint density at radius 3 is 2.31 bits per heavy atom. The molecule has 1 aliphatic rings. The van der Waals surface area contributed by atoms with Crippen molar-refractivity contribution in [2.75, 3.05) is 0 Å². The third-order valence-electron chi connectivity index (χ3n) is 7.18. The maximum Gasteiger partial charge on any atom is 0.494 e. The number of benzene rings is 2. The lowest BCUT2D eigenvalue weighted by atomic mass is 9.79. The first kappa shape index (κ1) is 23.5. The molecule has 0 spiro atoms. The maximum atomic E-state index is 12.8. The number of fused-ring (bicyclic) bond motifs is 1. The van der Waals surface area contributed by atoms with Crippen LogP contribution >= 0.6 is 0 Å². The number of nitrogens with zero attached hydrogens (tertiary/aromatic N) is 3. The second-order valence-corrected chi connectivity index (χ2v) is 10.5. The number of hydrogen-bond acceptors (Lipinski definition) is 5. The molecule has 3 heterocycles. The second-order valence-electron chi connectivity index (χ2n) is 10.5. The third-order valence-corrected chi connectivity index (χ3v) is 7.18. The molecule has 0 radical (unpaired) electrons. The molecule has 0 saturated carbocycles. The number of aromatic nitrogens is 4. The fraction of sp³-hybridized carbons (Fsp3) is 0.370. The van der Waals surface area contributed by atoms with E-state index < -0.39 is 7.12 Å². The zero-order valence-electron chi connectivity index (χ0n) is 21.1. The van der Waals surface area contributed by atoms with Gasteiger partial charge in [-0.3, -0.25) is 4.57 Å². The predicted octanol–water partition coefficient (Wildman–Crippen LogP) is 4.26. The molecule has 0 aliphatic carbocycles. The van der Waals surface area contributed by atoms with Gasteiger partial charge in [0, 0.05) is 5.56 Å². The van der Waals surface area contributed by atoms with Gasteiger partial charge in [-0.25, -0.2) is 14.8 Å². The van der Waals surface area contributed by atoms with Crippen LogP contribution in [0.4, 0.5) is 0 Å². The minimum absolute atomic E-state index is 0.210. The molecule has 35 heavy (non-hydrogen) atoms. The molecule has 1 aliphatic heterocycles. The van der Waals surface area contributed by atoms with Crippen LogP contribution in [0.3, 0.4) is 0 Å². The summed E-state index contributed by atoms with van der Waals surface area (Å²) < 4.78 is 14.0. The molecule has 2 aromatic heterocycles. The molecule has 8 heteroatoms. The van der Waals surface area contributed by atoms with E-state index in [1.54, 1.807) is 10.8 Å². The number of H-pyrrole nitrogens is 1. The average molecular weight is 470 g/mol. The lowest BCUT2D eigenvalue weighted by Gasteiger charge is -2.32. The number of rotatable bonds is 5. The summed E-state index contributed by atoms with van der Waals surface area (Å²) in [6, 6.07) is 16.1. The van der Waals surface area contributed by atoms with Crippen LogP contribution in [0.15, 0.2) is 59.5 Å². The predicted molar refractivity (Wildman–Crippen MR) is 139 cm³/mol. The summed E-state index contributed by atoms with van der Waals surface area (Å²) in [4.78, 5) is 25.0. The molecular formula is C27H31BN4O3. The summed E-state index contributed by atoms with van der Waals surface area (Å²) in [5.41, 5.74) is 4.32. The Kier molecular flexibility index (Phi) is 5.69. The molecule has 0 bridgehead atoms. The Labute approximate surface area is 205 Å². The van der Waals surface area contributed by atoms with Crippen LogP contribution in [-0.4, -0.2) is 37.8 Å². The lowest BCUT2D eigenvalue weighted by molar-refractivity contribution is 0.00578. The quantitative estimate of drug-likeness (QED) is 0.441. The van der Waals surface area contributed by atoms with E-state index in [0.29, 0.717) is 29.5 Å². The molecule has 4 aromatic rings. The largest absolute Gasteiger partial charge is 0.494 e. The topological polar surface area (TPSA) is 82.0 Å². The normalized spacial score (nSPS) is 16.9. The van der Waals surface area contributed by atoms with Gasteiger partial charge < -0.3 is 14.3 Å². The van der Waals surface area contributed by atoms with E-state index in [-0.39, 0.29) is 16.9 Å². The highest BCUT2D eigenvalue weighted by Crippen LogP contribution is 2.36. The van der Waals surface area contributed by atoms with Gasteiger partial charge in [0.25, 0.3) is 0 Å². The van der Waals surface area contributed by atoms with E-state index in [1.807, 2.05) is 70.2 Å². The van der Waals surface area contributed by atoms with Gasteiger partial charge in [0.1, 0.15) is 5.52 Å². The summed E-state index contributed by atoms with van der Waals surface area (Å²) >= 11 is 0.